The first-order valence-corrected chi connectivity index (χ1v) is 5.13. The van der Waals surface area contributed by atoms with E-state index < -0.39 is 0 Å². The average Bonchev–Trinajstić information content (AvgIpc) is 2.30. The molecule has 0 aromatic rings. The van der Waals surface area contributed by atoms with Gasteiger partial charge in [-0.15, -0.1) is 0 Å². The summed E-state index contributed by atoms with van der Waals surface area (Å²) in [4.78, 5) is 0. The molecule has 0 aromatic carbocycles. The number of hydrogen-bond acceptors (Lipinski definition) is 2. The fourth-order valence-electron chi connectivity index (χ4n) is 1.35. The topological polar surface area (TPSA) is 29.3 Å². The molecule has 15 heavy (non-hydrogen) atoms. The van der Waals surface area contributed by atoms with E-state index in [0.29, 0.717) is 6.04 Å². The van der Waals surface area contributed by atoms with Crippen molar-refractivity contribution in [2.45, 2.75) is 12.5 Å². The predicted octanol–water partition coefficient (Wildman–Crippen LogP) is 2.35. The van der Waals surface area contributed by atoms with Crippen molar-refractivity contribution >= 4 is 0 Å². The first-order valence-electron chi connectivity index (χ1n) is 5.13. The van der Waals surface area contributed by atoms with E-state index in [1.54, 1.807) is 6.08 Å². The van der Waals surface area contributed by atoms with Crippen molar-refractivity contribution < 1.29 is 0 Å². The summed E-state index contributed by atoms with van der Waals surface area (Å²) < 4.78 is 0. The first-order chi connectivity index (χ1) is 7.34. The molecular formula is C13H18N2. The maximum atomic E-state index is 5.92. The minimum absolute atomic E-state index is 0.322. The van der Waals surface area contributed by atoms with Crippen LogP contribution >= 0.6 is 0 Å². The Morgan fingerprint density at radius 2 is 2.20 bits per heavy atom. The Kier molecular flexibility index (Phi) is 5.44. The fourth-order valence-corrected chi connectivity index (χ4v) is 1.35. The van der Waals surface area contributed by atoms with Gasteiger partial charge in [0.05, 0.1) is 0 Å². The van der Waals surface area contributed by atoms with E-state index in [9.17, 15) is 0 Å². The summed E-state index contributed by atoms with van der Waals surface area (Å²) in [6, 6.07) is 0.322. The van der Waals surface area contributed by atoms with Gasteiger partial charge in [-0.05, 0) is 6.42 Å². The summed E-state index contributed by atoms with van der Waals surface area (Å²) in [5, 5.41) is 1.83. The number of allylic oxidation sites excluding steroid dienone is 6. The monoisotopic (exact) mass is 202 g/mol. The Morgan fingerprint density at radius 1 is 1.33 bits per heavy atom. The normalized spacial score (nSPS) is 20.8. The summed E-state index contributed by atoms with van der Waals surface area (Å²) >= 11 is 0. The molecule has 0 aromatic heterocycles. The van der Waals surface area contributed by atoms with Crippen LogP contribution in [-0.2, 0) is 0 Å². The van der Waals surface area contributed by atoms with E-state index >= 15 is 0 Å². The molecule has 0 saturated carbocycles. The first kappa shape index (κ1) is 11.7. The van der Waals surface area contributed by atoms with Gasteiger partial charge in [0.2, 0.25) is 0 Å². The average molecular weight is 202 g/mol. The summed E-state index contributed by atoms with van der Waals surface area (Å²) in [6.45, 7) is 4.35. The van der Waals surface area contributed by atoms with Gasteiger partial charge < -0.3 is 0 Å². The van der Waals surface area contributed by atoms with E-state index in [0.717, 1.165) is 13.0 Å². The predicted molar refractivity (Wildman–Crippen MR) is 66.1 cm³/mol. The SMILES string of the molecule is C=C/C=C\C=C/CN(N)C1C=CC=CC1. The Labute approximate surface area is 91.7 Å². The second kappa shape index (κ2) is 6.98. The molecule has 1 aliphatic rings. The zero-order chi connectivity index (χ0) is 10.9. The maximum Gasteiger partial charge on any atom is 0.0462 e. The van der Waals surface area contributed by atoms with E-state index in [4.69, 9.17) is 5.84 Å². The summed E-state index contributed by atoms with van der Waals surface area (Å²) in [6.07, 6.45) is 18.9. The van der Waals surface area contributed by atoms with Crippen LogP contribution in [0.5, 0.6) is 0 Å². The molecule has 0 radical (unpaired) electrons. The van der Waals surface area contributed by atoms with Crippen molar-refractivity contribution in [3.63, 3.8) is 0 Å². The lowest BCUT2D eigenvalue weighted by Crippen LogP contribution is -2.40. The third-order valence-corrected chi connectivity index (χ3v) is 2.19. The Balaban J connectivity index is 2.29. The van der Waals surface area contributed by atoms with Gasteiger partial charge >= 0.3 is 0 Å². The highest BCUT2D eigenvalue weighted by Gasteiger charge is 2.09. The number of hydrazine groups is 1. The molecular weight excluding hydrogens is 184 g/mol. The van der Waals surface area contributed by atoms with Gasteiger partial charge in [-0.1, -0.05) is 61.3 Å². The largest absolute Gasteiger partial charge is 0.268 e. The minimum Gasteiger partial charge on any atom is -0.268 e. The lowest BCUT2D eigenvalue weighted by molar-refractivity contribution is 0.261. The molecule has 0 amide bonds. The molecule has 1 unspecified atom stereocenters. The van der Waals surface area contributed by atoms with E-state index in [2.05, 4.69) is 18.7 Å². The molecule has 1 aliphatic carbocycles. The number of rotatable bonds is 5. The molecule has 0 bridgehead atoms. The van der Waals surface area contributed by atoms with Crippen LogP contribution in [0.25, 0.3) is 0 Å². The highest BCUT2D eigenvalue weighted by Crippen LogP contribution is 2.07. The highest BCUT2D eigenvalue weighted by molar-refractivity contribution is 5.14. The van der Waals surface area contributed by atoms with Crippen molar-refractivity contribution in [1.82, 2.24) is 5.01 Å². The molecule has 80 valence electrons. The zero-order valence-corrected chi connectivity index (χ0v) is 8.92. The summed E-state index contributed by atoms with van der Waals surface area (Å²) in [7, 11) is 0. The summed E-state index contributed by atoms with van der Waals surface area (Å²) in [5.41, 5.74) is 0. The molecule has 2 nitrogen and oxygen atoms in total. The maximum absolute atomic E-state index is 5.92. The van der Waals surface area contributed by atoms with Crippen molar-refractivity contribution in [2.24, 2.45) is 5.84 Å². The van der Waals surface area contributed by atoms with Crippen LogP contribution < -0.4 is 5.84 Å². The number of nitrogens with two attached hydrogens (primary N) is 1. The van der Waals surface area contributed by atoms with Gasteiger partial charge in [0.1, 0.15) is 0 Å². The van der Waals surface area contributed by atoms with E-state index in [-0.39, 0.29) is 0 Å². The zero-order valence-electron chi connectivity index (χ0n) is 8.92. The Morgan fingerprint density at radius 3 is 2.87 bits per heavy atom. The van der Waals surface area contributed by atoms with E-state index in [1.807, 2.05) is 41.5 Å². The molecule has 0 saturated heterocycles. The van der Waals surface area contributed by atoms with E-state index in [1.165, 1.54) is 0 Å². The third-order valence-electron chi connectivity index (χ3n) is 2.19. The van der Waals surface area contributed by atoms with Crippen molar-refractivity contribution in [3.05, 3.63) is 61.3 Å². The molecule has 1 atom stereocenters. The van der Waals surface area contributed by atoms with Gasteiger partial charge in [-0.2, -0.15) is 0 Å². The highest BCUT2D eigenvalue weighted by atomic mass is 15.4. The molecule has 1 rings (SSSR count). The van der Waals surface area contributed by atoms with Gasteiger partial charge in [-0.3, -0.25) is 5.84 Å². The van der Waals surface area contributed by atoms with Crippen LogP contribution in [-0.4, -0.2) is 17.6 Å². The molecule has 2 heteroatoms. The van der Waals surface area contributed by atoms with Crippen LogP contribution in [0.1, 0.15) is 6.42 Å². The van der Waals surface area contributed by atoms with Crippen LogP contribution in [0.2, 0.25) is 0 Å². The Bertz CT molecular complexity index is 298. The molecule has 0 fully saturated rings. The molecule has 0 heterocycles. The second-order valence-corrected chi connectivity index (χ2v) is 3.36. The van der Waals surface area contributed by atoms with Gasteiger partial charge in [-0.25, -0.2) is 5.01 Å². The molecule has 2 N–H and O–H groups in total. The van der Waals surface area contributed by atoms with Gasteiger partial charge in [0.25, 0.3) is 0 Å². The number of hydrogen-bond donors (Lipinski definition) is 1. The third kappa shape index (κ3) is 4.58. The standard InChI is InChI=1S/C13H18N2/c1-2-3-4-5-9-12-15(14)13-10-7-6-8-11-13/h2-10,13H,1,11-12,14H2/b4-3-,9-5-. The van der Waals surface area contributed by atoms with Crippen molar-refractivity contribution in [2.75, 3.05) is 6.54 Å². The molecule has 0 spiro atoms. The second-order valence-electron chi connectivity index (χ2n) is 3.36. The van der Waals surface area contributed by atoms with Gasteiger partial charge in [0, 0.05) is 12.6 Å². The van der Waals surface area contributed by atoms with Crippen LogP contribution in [0.3, 0.4) is 0 Å². The van der Waals surface area contributed by atoms with Crippen LogP contribution in [0.4, 0.5) is 0 Å². The fraction of sp³-hybridized carbons (Fsp3) is 0.231. The van der Waals surface area contributed by atoms with Crippen LogP contribution in [0, 0.1) is 0 Å². The van der Waals surface area contributed by atoms with Crippen molar-refractivity contribution in [1.29, 1.82) is 0 Å². The van der Waals surface area contributed by atoms with Crippen LogP contribution in [0.15, 0.2) is 61.3 Å². The lowest BCUT2D eigenvalue weighted by Gasteiger charge is -2.23. The lowest BCUT2D eigenvalue weighted by atomic mass is 10.1. The minimum atomic E-state index is 0.322. The quantitative estimate of drug-likeness (QED) is 0.421. The van der Waals surface area contributed by atoms with Crippen molar-refractivity contribution in [3.8, 4) is 0 Å². The smallest absolute Gasteiger partial charge is 0.0462 e. The Hall–Kier alpha value is -1.38. The molecule has 0 aliphatic heterocycles. The number of nitrogens with zero attached hydrogens (tertiary/aromatic N) is 1. The summed E-state index contributed by atoms with van der Waals surface area (Å²) in [5.74, 6) is 5.92. The van der Waals surface area contributed by atoms with Gasteiger partial charge in [0.15, 0.2) is 0 Å².